The van der Waals surface area contributed by atoms with E-state index in [1.54, 1.807) is 12.1 Å². The second kappa shape index (κ2) is 5.96. The molecule has 1 aliphatic heterocycles. The van der Waals surface area contributed by atoms with Gasteiger partial charge in [0.15, 0.2) is 0 Å². The van der Waals surface area contributed by atoms with Crippen LogP contribution in [0, 0.1) is 5.82 Å². The van der Waals surface area contributed by atoms with Gasteiger partial charge in [-0.3, -0.25) is 4.79 Å². The number of nitrogens with one attached hydrogen (secondary N) is 2. The highest BCUT2D eigenvalue weighted by Gasteiger charge is 2.21. The number of halogens is 1. The van der Waals surface area contributed by atoms with E-state index in [0.29, 0.717) is 0 Å². The molecule has 1 fully saturated rings. The number of hydrogen-bond acceptors (Lipinski definition) is 2. The molecule has 18 heavy (non-hydrogen) atoms. The number of carbonyl (C=O) groups excluding carboxylic acids is 1. The molecule has 2 rings (SSSR count). The van der Waals surface area contributed by atoms with Crippen molar-refractivity contribution in [2.45, 2.75) is 38.3 Å². The third-order valence-electron chi connectivity index (χ3n) is 3.36. The fraction of sp³-hybridized carbons (Fsp3) is 0.500. The van der Waals surface area contributed by atoms with E-state index in [0.717, 1.165) is 31.4 Å². The Morgan fingerprint density at radius 1 is 1.39 bits per heavy atom. The van der Waals surface area contributed by atoms with E-state index in [9.17, 15) is 9.18 Å². The van der Waals surface area contributed by atoms with E-state index >= 15 is 0 Å². The molecule has 1 amide bonds. The molecule has 3 nitrogen and oxygen atoms in total. The average molecular weight is 250 g/mol. The normalized spacial score (nSPS) is 21.3. The van der Waals surface area contributed by atoms with Crippen molar-refractivity contribution < 1.29 is 9.18 Å². The zero-order valence-corrected chi connectivity index (χ0v) is 10.6. The van der Waals surface area contributed by atoms with Crippen LogP contribution in [0.3, 0.4) is 0 Å². The van der Waals surface area contributed by atoms with Gasteiger partial charge in [0.25, 0.3) is 0 Å². The second-order valence-electron chi connectivity index (χ2n) is 4.78. The molecule has 0 bridgehead atoms. The molecule has 1 aromatic carbocycles. The largest absolute Gasteiger partial charge is 0.348 e. The zero-order chi connectivity index (χ0) is 13.0. The summed E-state index contributed by atoms with van der Waals surface area (Å²) in [6.07, 6.45) is 3.12. The molecule has 0 spiro atoms. The summed E-state index contributed by atoms with van der Waals surface area (Å²) in [5.74, 6) is -0.224. The average Bonchev–Trinajstić information content (AvgIpc) is 2.40. The van der Waals surface area contributed by atoms with Crippen molar-refractivity contribution in [2.75, 3.05) is 6.54 Å². The van der Waals surface area contributed by atoms with Crippen LogP contribution < -0.4 is 10.6 Å². The summed E-state index contributed by atoms with van der Waals surface area (Å²) in [5.41, 5.74) is 0.917. The van der Waals surface area contributed by atoms with Crippen LogP contribution in [0.15, 0.2) is 24.3 Å². The fourth-order valence-electron chi connectivity index (χ4n) is 2.22. The Hall–Kier alpha value is -1.42. The summed E-state index contributed by atoms with van der Waals surface area (Å²) < 4.78 is 12.8. The maximum Gasteiger partial charge on any atom is 0.237 e. The van der Waals surface area contributed by atoms with Crippen LogP contribution in [0.25, 0.3) is 0 Å². The first-order valence-electron chi connectivity index (χ1n) is 6.46. The Labute approximate surface area is 107 Å². The molecule has 0 saturated carbocycles. The third-order valence-corrected chi connectivity index (χ3v) is 3.36. The van der Waals surface area contributed by atoms with Gasteiger partial charge >= 0.3 is 0 Å². The van der Waals surface area contributed by atoms with Crippen LogP contribution in [0.2, 0.25) is 0 Å². The lowest BCUT2D eigenvalue weighted by Gasteiger charge is -2.24. The molecule has 1 aromatic rings. The Morgan fingerprint density at radius 3 is 2.72 bits per heavy atom. The molecule has 0 radical (unpaired) electrons. The summed E-state index contributed by atoms with van der Waals surface area (Å²) in [7, 11) is 0. The topological polar surface area (TPSA) is 41.1 Å². The summed E-state index contributed by atoms with van der Waals surface area (Å²) in [6, 6.07) is 6.06. The number of hydrogen-bond donors (Lipinski definition) is 2. The monoisotopic (exact) mass is 250 g/mol. The standard InChI is InChI=1S/C14H19FN2O/c1-10(11-5-7-12(15)8-6-11)17-14(18)13-4-2-3-9-16-13/h5-8,10,13,16H,2-4,9H2,1H3,(H,17,18)/t10?,13-/m0/s1. The minimum atomic E-state index is -0.258. The van der Waals surface area contributed by atoms with Gasteiger partial charge < -0.3 is 10.6 Å². The molecule has 98 valence electrons. The van der Waals surface area contributed by atoms with Crippen LogP contribution in [0.5, 0.6) is 0 Å². The Balaban J connectivity index is 1.91. The summed E-state index contributed by atoms with van der Waals surface area (Å²) in [6.45, 7) is 2.82. The van der Waals surface area contributed by atoms with Crippen molar-refractivity contribution in [3.63, 3.8) is 0 Å². The molecular formula is C14H19FN2O. The molecule has 0 aromatic heterocycles. The van der Waals surface area contributed by atoms with E-state index in [4.69, 9.17) is 0 Å². The highest BCUT2D eigenvalue weighted by molar-refractivity contribution is 5.82. The molecule has 1 aliphatic rings. The van der Waals surface area contributed by atoms with E-state index in [-0.39, 0.29) is 23.8 Å². The second-order valence-corrected chi connectivity index (χ2v) is 4.78. The highest BCUT2D eigenvalue weighted by atomic mass is 19.1. The van der Waals surface area contributed by atoms with Crippen LogP contribution in [-0.2, 0) is 4.79 Å². The molecule has 4 heteroatoms. The zero-order valence-electron chi connectivity index (χ0n) is 10.6. The first-order valence-corrected chi connectivity index (χ1v) is 6.46. The van der Waals surface area contributed by atoms with Crippen molar-refractivity contribution in [1.82, 2.24) is 10.6 Å². The lowest BCUT2D eigenvalue weighted by atomic mass is 10.0. The molecule has 2 atom stereocenters. The van der Waals surface area contributed by atoms with Crippen molar-refractivity contribution in [3.05, 3.63) is 35.6 Å². The number of rotatable bonds is 3. The minimum Gasteiger partial charge on any atom is -0.348 e. The number of carbonyl (C=O) groups is 1. The maximum absolute atomic E-state index is 12.8. The van der Waals surface area contributed by atoms with Gasteiger partial charge in [0, 0.05) is 0 Å². The van der Waals surface area contributed by atoms with Gasteiger partial charge in [0.2, 0.25) is 5.91 Å². The van der Waals surface area contributed by atoms with Gasteiger partial charge in [0.1, 0.15) is 5.82 Å². The van der Waals surface area contributed by atoms with Crippen molar-refractivity contribution >= 4 is 5.91 Å². The van der Waals surface area contributed by atoms with Crippen molar-refractivity contribution in [2.24, 2.45) is 0 Å². The van der Waals surface area contributed by atoms with E-state index in [1.165, 1.54) is 12.1 Å². The van der Waals surface area contributed by atoms with Crippen LogP contribution in [0.4, 0.5) is 4.39 Å². The first kappa shape index (κ1) is 13.0. The van der Waals surface area contributed by atoms with E-state index in [2.05, 4.69) is 10.6 Å². The Kier molecular flexibility index (Phi) is 4.31. The molecular weight excluding hydrogens is 231 g/mol. The maximum atomic E-state index is 12.8. The third kappa shape index (κ3) is 3.29. The smallest absolute Gasteiger partial charge is 0.237 e. The van der Waals surface area contributed by atoms with Gasteiger partial charge in [0.05, 0.1) is 12.1 Å². The molecule has 1 heterocycles. The number of piperidine rings is 1. The van der Waals surface area contributed by atoms with Crippen LogP contribution in [-0.4, -0.2) is 18.5 Å². The van der Waals surface area contributed by atoms with Crippen molar-refractivity contribution in [1.29, 1.82) is 0 Å². The van der Waals surface area contributed by atoms with Gasteiger partial charge in [-0.1, -0.05) is 18.6 Å². The molecule has 1 saturated heterocycles. The Bertz CT molecular complexity index is 399. The predicted octanol–water partition coefficient (Wildman–Crippen LogP) is 2.14. The predicted molar refractivity (Wildman–Crippen MR) is 68.6 cm³/mol. The molecule has 2 N–H and O–H groups in total. The summed E-state index contributed by atoms with van der Waals surface area (Å²) in [4.78, 5) is 12.0. The minimum absolute atomic E-state index is 0.0338. The highest BCUT2D eigenvalue weighted by Crippen LogP contribution is 2.14. The van der Waals surface area contributed by atoms with Gasteiger partial charge in [-0.15, -0.1) is 0 Å². The van der Waals surface area contributed by atoms with Crippen LogP contribution >= 0.6 is 0 Å². The summed E-state index contributed by atoms with van der Waals surface area (Å²) >= 11 is 0. The lowest BCUT2D eigenvalue weighted by Crippen LogP contribution is -2.47. The lowest BCUT2D eigenvalue weighted by molar-refractivity contribution is -0.124. The van der Waals surface area contributed by atoms with Gasteiger partial charge in [-0.2, -0.15) is 0 Å². The van der Waals surface area contributed by atoms with Gasteiger partial charge in [-0.05, 0) is 44.0 Å². The Morgan fingerprint density at radius 2 is 2.11 bits per heavy atom. The number of benzene rings is 1. The van der Waals surface area contributed by atoms with Crippen LogP contribution in [0.1, 0.15) is 37.8 Å². The van der Waals surface area contributed by atoms with E-state index in [1.807, 2.05) is 6.92 Å². The molecule has 1 unspecified atom stereocenters. The summed E-state index contributed by atoms with van der Waals surface area (Å²) in [5, 5.41) is 6.17. The molecule has 0 aliphatic carbocycles. The number of amides is 1. The van der Waals surface area contributed by atoms with Crippen molar-refractivity contribution in [3.8, 4) is 0 Å². The quantitative estimate of drug-likeness (QED) is 0.863. The van der Waals surface area contributed by atoms with E-state index < -0.39 is 0 Å². The van der Waals surface area contributed by atoms with Gasteiger partial charge in [-0.25, -0.2) is 4.39 Å². The SMILES string of the molecule is CC(NC(=O)[C@@H]1CCCCN1)c1ccc(F)cc1. The fourth-order valence-corrected chi connectivity index (χ4v) is 2.22. The first-order chi connectivity index (χ1) is 8.66.